The van der Waals surface area contributed by atoms with Crippen LogP contribution in [0.25, 0.3) is 0 Å². The third-order valence-electron chi connectivity index (χ3n) is 4.51. The van der Waals surface area contributed by atoms with Gasteiger partial charge in [0.1, 0.15) is 5.82 Å². The van der Waals surface area contributed by atoms with Crippen LogP contribution < -0.4 is 10.2 Å². The first kappa shape index (κ1) is 15.8. The minimum absolute atomic E-state index is 0.604. The van der Waals surface area contributed by atoms with E-state index < -0.39 is 0 Å². The molecule has 1 aliphatic heterocycles. The largest absolute Gasteiger partial charge is 0.353 e. The van der Waals surface area contributed by atoms with Gasteiger partial charge in [0, 0.05) is 24.5 Å². The smallest absolute Gasteiger partial charge is 0.229 e. The first-order chi connectivity index (χ1) is 11.2. The Morgan fingerprint density at radius 3 is 2.70 bits per heavy atom. The zero-order valence-corrected chi connectivity index (χ0v) is 14.3. The summed E-state index contributed by atoms with van der Waals surface area (Å²) >= 11 is 0. The fourth-order valence-corrected chi connectivity index (χ4v) is 3.47. The molecule has 1 unspecified atom stereocenters. The molecule has 1 atom stereocenters. The Balaban J connectivity index is 1.81. The molecule has 1 fully saturated rings. The summed E-state index contributed by atoms with van der Waals surface area (Å²) in [5.41, 5.74) is 3.53. The van der Waals surface area contributed by atoms with Gasteiger partial charge < -0.3 is 10.2 Å². The van der Waals surface area contributed by atoms with Crippen LogP contribution in [0.1, 0.15) is 43.7 Å². The Morgan fingerprint density at radius 2 is 1.96 bits per heavy atom. The molecule has 0 bridgehead atoms. The Labute approximate surface area is 139 Å². The molecule has 1 aliphatic rings. The number of nitrogens with one attached hydrogen (secondary N) is 1. The van der Waals surface area contributed by atoms with Crippen molar-refractivity contribution in [2.24, 2.45) is 0 Å². The van der Waals surface area contributed by atoms with Gasteiger partial charge in [-0.15, -0.1) is 0 Å². The molecular formula is C19H26N4. The fraction of sp³-hybridized carbons (Fsp3) is 0.474. The van der Waals surface area contributed by atoms with Crippen LogP contribution in [0.5, 0.6) is 0 Å². The van der Waals surface area contributed by atoms with Gasteiger partial charge in [-0.1, -0.05) is 13.0 Å². The van der Waals surface area contributed by atoms with Crippen LogP contribution in [0.4, 0.5) is 17.5 Å². The fourth-order valence-electron chi connectivity index (χ4n) is 3.47. The van der Waals surface area contributed by atoms with Gasteiger partial charge >= 0.3 is 0 Å². The second-order valence-corrected chi connectivity index (χ2v) is 6.49. The summed E-state index contributed by atoms with van der Waals surface area (Å²) in [4.78, 5) is 11.6. The molecule has 1 aromatic heterocycles. The Morgan fingerprint density at radius 1 is 1.17 bits per heavy atom. The molecule has 0 saturated carbocycles. The van der Waals surface area contributed by atoms with Gasteiger partial charge in [0.05, 0.1) is 0 Å². The number of aryl methyl sites for hydroxylation is 2. The van der Waals surface area contributed by atoms with Gasteiger partial charge in [0.25, 0.3) is 0 Å². The lowest BCUT2D eigenvalue weighted by Crippen LogP contribution is -2.39. The highest BCUT2D eigenvalue weighted by Crippen LogP contribution is 2.26. The predicted octanol–water partition coefficient (Wildman–Crippen LogP) is 4.61. The van der Waals surface area contributed by atoms with Crippen molar-refractivity contribution in [3.05, 3.63) is 41.6 Å². The van der Waals surface area contributed by atoms with Crippen LogP contribution in [-0.2, 0) is 0 Å². The monoisotopic (exact) mass is 310 g/mol. The van der Waals surface area contributed by atoms with Crippen LogP contribution in [0.15, 0.2) is 30.5 Å². The van der Waals surface area contributed by atoms with E-state index in [0.717, 1.165) is 18.1 Å². The minimum atomic E-state index is 0.604. The van der Waals surface area contributed by atoms with Gasteiger partial charge in [-0.2, -0.15) is 4.98 Å². The van der Waals surface area contributed by atoms with Crippen LogP contribution in [0.3, 0.4) is 0 Å². The van der Waals surface area contributed by atoms with E-state index in [4.69, 9.17) is 4.98 Å². The number of anilines is 3. The van der Waals surface area contributed by atoms with Crippen molar-refractivity contribution in [1.82, 2.24) is 9.97 Å². The van der Waals surface area contributed by atoms with Crippen molar-refractivity contribution in [2.45, 2.75) is 52.5 Å². The maximum absolute atomic E-state index is 4.75. The lowest BCUT2D eigenvalue weighted by Gasteiger charge is -2.36. The molecule has 3 rings (SSSR count). The number of hydrogen-bond donors (Lipinski definition) is 1. The number of hydrogen-bond acceptors (Lipinski definition) is 4. The van der Waals surface area contributed by atoms with Crippen LogP contribution >= 0.6 is 0 Å². The number of rotatable bonds is 4. The topological polar surface area (TPSA) is 41.1 Å². The summed E-state index contributed by atoms with van der Waals surface area (Å²) in [6.45, 7) is 7.57. The Hall–Kier alpha value is -2.10. The maximum Gasteiger partial charge on any atom is 0.229 e. The highest BCUT2D eigenvalue weighted by molar-refractivity contribution is 5.57. The summed E-state index contributed by atoms with van der Waals surface area (Å²) < 4.78 is 0. The van der Waals surface area contributed by atoms with E-state index >= 15 is 0 Å². The molecule has 1 aromatic carbocycles. The molecule has 0 aliphatic carbocycles. The minimum Gasteiger partial charge on any atom is -0.353 e. The van der Waals surface area contributed by atoms with E-state index in [1.165, 1.54) is 36.8 Å². The Bertz CT molecular complexity index is 648. The summed E-state index contributed by atoms with van der Waals surface area (Å²) in [6.07, 6.45) is 6.87. The molecule has 1 N–H and O–H groups in total. The van der Waals surface area contributed by atoms with Crippen molar-refractivity contribution < 1.29 is 0 Å². The van der Waals surface area contributed by atoms with E-state index in [0.29, 0.717) is 12.0 Å². The summed E-state index contributed by atoms with van der Waals surface area (Å²) in [7, 11) is 0. The van der Waals surface area contributed by atoms with E-state index in [9.17, 15) is 0 Å². The number of aromatic nitrogens is 2. The van der Waals surface area contributed by atoms with Crippen LogP contribution in [0.2, 0.25) is 0 Å². The molecule has 0 radical (unpaired) electrons. The van der Waals surface area contributed by atoms with Gasteiger partial charge in [-0.25, -0.2) is 4.98 Å². The van der Waals surface area contributed by atoms with Crippen LogP contribution in [-0.4, -0.2) is 22.6 Å². The van der Waals surface area contributed by atoms with Gasteiger partial charge in [0.2, 0.25) is 5.95 Å². The van der Waals surface area contributed by atoms with Gasteiger partial charge in [0.15, 0.2) is 0 Å². The highest BCUT2D eigenvalue weighted by atomic mass is 15.2. The third kappa shape index (κ3) is 3.81. The molecular weight excluding hydrogens is 284 g/mol. The zero-order chi connectivity index (χ0) is 16.2. The van der Waals surface area contributed by atoms with Crippen molar-refractivity contribution in [3.63, 3.8) is 0 Å². The van der Waals surface area contributed by atoms with E-state index in [1.54, 1.807) is 0 Å². The lowest BCUT2D eigenvalue weighted by atomic mass is 10.0. The average molecular weight is 310 g/mol. The van der Waals surface area contributed by atoms with Gasteiger partial charge in [-0.3, -0.25) is 0 Å². The lowest BCUT2D eigenvalue weighted by molar-refractivity contribution is 0.447. The van der Waals surface area contributed by atoms with E-state index in [2.05, 4.69) is 54.2 Å². The molecule has 4 nitrogen and oxygen atoms in total. The average Bonchev–Trinajstić information content (AvgIpc) is 2.54. The molecule has 23 heavy (non-hydrogen) atoms. The second kappa shape index (κ2) is 6.99. The third-order valence-corrected chi connectivity index (χ3v) is 4.51. The zero-order valence-electron chi connectivity index (χ0n) is 14.3. The molecule has 4 heteroatoms. The molecule has 0 amide bonds. The molecule has 1 saturated heterocycles. The van der Waals surface area contributed by atoms with E-state index in [-0.39, 0.29) is 0 Å². The highest BCUT2D eigenvalue weighted by Gasteiger charge is 2.22. The Kier molecular flexibility index (Phi) is 4.79. The first-order valence-electron chi connectivity index (χ1n) is 8.60. The van der Waals surface area contributed by atoms with Crippen molar-refractivity contribution in [3.8, 4) is 0 Å². The molecule has 2 aromatic rings. The molecule has 122 valence electrons. The number of nitrogens with zero attached hydrogens (tertiary/aromatic N) is 3. The molecule has 0 spiro atoms. The molecule has 2 heterocycles. The van der Waals surface area contributed by atoms with Gasteiger partial charge in [-0.05, 0) is 68.9 Å². The predicted molar refractivity (Wildman–Crippen MR) is 96.5 cm³/mol. The summed E-state index contributed by atoms with van der Waals surface area (Å²) in [5.74, 6) is 1.71. The first-order valence-corrected chi connectivity index (χ1v) is 8.60. The summed E-state index contributed by atoms with van der Waals surface area (Å²) in [6, 6.07) is 9.05. The van der Waals surface area contributed by atoms with Crippen LogP contribution in [0, 0.1) is 13.8 Å². The summed E-state index contributed by atoms with van der Waals surface area (Å²) in [5, 5.41) is 3.35. The number of benzene rings is 1. The second-order valence-electron chi connectivity index (χ2n) is 6.49. The number of piperidine rings is 1. The van der Waals surface area contributed by atoms with Crippen molar-refractivity contribution in [1.29, 1.82) is 0 Å². The van der Waals surface area contributed by atoms with E-state index in [1.807, 2.05) is 12.3 Å². The SMILES string of the molecule is CCC1CCCCN1c1ccnc(Nc2cc(C)cc(C)c2)n1. The standard InChI is InChI=1S/C19H26N4/c1-4-17-7-5-6-10-23(17)18-8-9-20-19(22-18)21-16-12-14(2)11-15(3)13-16/h8-9,11-13,17H,4-7,10H2,1-3H3,(H,20,21,22). The van der Waals surface area contributed by atoms with Crippen molar-refractivity contribution >= 4 is 17.5 Å². The maximum atomic E-state index is 4.75. The quantitative estimate of drug-likeness (QED) is 0.895. The van der Waals surface area contributed by atoms with Crippen molar-refractivity contribution in [2.75, 3.05) is 16.8 Å². The normalized spacial score (nSPS) is 18.0.